The second-order valence-electron chi connectivity index (χ2n) is 3.87. The van der Waals surface area contributed by atoms with Gasteiger partial charge in [-0.15, -0.1) is 6.42 Å². The van der Waals surface area contributed by atoms with E-state index >= 15 is 0 Å². The molecular weight excluding hydrogens is 236 g/mol. The van der Waals surface area contributed by atoms with Crippen LogP contribution in [0.25, 0.3) is 0 Å². The Morgan fingerprint density at radius 1 is 1.78 bits per heavy atom. The molecule has 0 aromatic carbocycles. The summed E-state index contributed by atoms with van der Waals surface area (Å²) in [6.07, 6.45) is 7.77. The number of nitro groups is 1. The van der Waals surface area contributed by atoms with Gasteiger partial charge in [0, 0.05) is 6.54 Å². The fourth-order valence-corrected chi connectivity index (χ4v) is 1.43. The lowest BCUT2D eigenvalue weighted by Gasteiger charge is -2.15. The summed E-state index contributed by atoms with van der Waals surface area (Å²) in [7, 11) is 0. The van der Waals surface area contributed by atoms with E-state index in [2.05, 4.69) is 16.3 Å². The third kappa shape index (κ3) is 4.16. The highest BCUT2D eigenvalue weighted by molar-refractivity contribution is 5.20. The molecule has 0 aliphatic heterocycles. The standard InChI is InChI=1S/C11H16N4O3/c1-3-9(4-2)12-6-11(16)8-14-7-10(5-13-14)15(17)18/h1,5,7,9,11-12,16H,4,6,8H2,2H3. The lowest BCUT2D eigenvalue weighted by molar-refractivity contribution is -0.385. The average molecular weight is 252 g/mol. The highest BCUT2D eigenvalue weighted by Gasteiger charge is 2.12. The first-order chi connectivity index (χ1) is 8.56. The molecule has 1 rings (SSSR count). The van der Waals surface area contributed by atoms with Gasteiger partial charge in [0.15, 0.2) is 0 Å². The van der Waals surface area contributed by atoms with Crippen LogP contribution in [0.5, 0.6) is 0 Å². The Kier molecular flexibility index (Phi) is 5.30. The molecule has 0 amide bonds. The number of hydrogen-bond acceptors (Lipinski definition) is 5. The Hall–Kier alpha value is -1.91. The summed E-state index contributed by atoms with van der Waals surface area (Å²) in [5.74, 6) is 2.56. The number of nitrogens with zero attached hydrogens (tertiary/aromatic N) is 3. The van der Waals surface area contributed by atoms with Crippen LogP contribution in [0.4, 0.5) is 5.69 Å². The summed E-state index contributed by atoms with van der Waals surface area (Å²) < 4.78 is 1.33. The molecule has 0 bridgehead atoms. The number of aromatic nitrogens is 2. The Labute approximate surface area is 105 Å². The smallest absolute Gasteiger partial charge is 0.306 e. The number of nitrogens with one attached hydrogen (secondary N) is 1. The molecule has 1 heterocycles. The normalized spacial score (nSPS) is 13.8. The van der Waals surface area contributed by atoms with Crippen molar-refractivity contribution in [1.82, 2.24) is 15.1 Å². The van der Waals surface area contributed by atoms with E-state index in [1.807, 2.05) is 6.92 Å². The predicted molar refractivity (Wildman–Crippen MR) is 65.8 cm³/mol. The first-order valence-electron chi connectivity index (χ1n) is 5.61. The van der Waals surface area contributed by atoms with E-state index in [4.69, 9.17) is 6.42 Å². The molecule has 0 fully saturated rings. The molecule has 2 unspecified atom stereocenters. The molecule has 0 saturated carbocycles. The molecule has 7 nitrogen and oxygen atoms in total. The summed E-state index contributed by atoms with van der Waals surface area (Å²) >= 11 is 0. The van der Waals surface area contributed by atoms with E-state index in [1.165, 1.54) is 10.9 Å². The van der Waals surface area contributed by atoms with Gasteiger partial charge in [-0.1, -0.05) is 12.8 Å². The van der Waals surface area contributed by atoms with Gasteiger partial charge in [-0.2, -0.15) is 5.10 Å². The summed E-state index contributed by atoms with van der Waals surface area (Å²) in [5.41, 5.74) is -0.0924. The number of rotatable bonds is 7. The maximum atomic E-state index is 10.4. The van der Waals surface area contributed by atoms with Gasteiger partial charge in [0.25, 0.3) is 0 Å². The van der Waals surface area contributed by atoms with Crippen molar-refractivity contribution in [3.05, 3.63) is 22.5 Å². The van der Waals surface area contributed by atoms with Crippen LogP contribution < -0.4 is 5.32 Å². The van der Waals surface area contributed by atoms with Crippen molar-refractivity contribution in [3.63, 3.8) is 0 Å². The van der Waals surface area contributed by atoms with Crippen molar-refractivity contribution in [3.8, 4) is 12.3 Å². The molecule has 0 spiro atoms. The molecule has 0 radical (unpaired) electrons. The number of hydrogen-bond donors (Lipinski definition) is 2. The Morgan fingerprint density at radius 3 is 3.00 bits per heavy atom. The number of terminal acetylenes is 1. The van der Waals surface area contributed by atoms with Crippen molar-refractivity contribution in [1.29, 1.82) is 0 Å². The zero-order valence-electron chi connectivity index (χ0n) is 10.1. The summed E-state index contributed by atoms with van der Waals surface area (Å²) in [5, 5.41) is 27.0. The van der Waals surface area contributed by atoms with Gasteiger partial charge in [0.05, 0.1) is 23.6 Å². The van der Waals surface area contributed by atoms with Crippen LogP contribution in [0.1, 0.15) is 13.3 Å². The van der Waals surface area contributed by atoms with E-state index in [0.717, 1.165) is 12.6 Å². The van der Waals surface area contributed by atoms with E-state index in [0.29, 0.717) is 6.54 Å². The molecule has 1 aromatic rings. The van der Waals surface area contributed by atoms with E-state index in [-0.39, 0.29) is 18.3 Å². The molecule has 2 N–H and O–H groups in total. The maximum absolute atomic E-state index is 10.4. The van der Waals surface area contributed by atoms with Crippen LogP contribution in [0, 0.1) is 22.5 Å². The molecule has 1 aromatic heterocycles. The van der Waals surface area contributed by atoms with Crippen molar-refractivity contribution < 1.29 is 10.0 Å². The lowest BCUT2D eigenvalue weighted by atomic mass is 10.2. The third-order valence-electron chi connectivity index (χ3n) is 2.44. The average Bonchev–Trinajstić information content (AvgIpc) is 2.79. The van der Waals surface area contributed by atoms with Crippen LogP contribution in [0.15, 0.2) is 12.4 Å². The van der Waals surface area contributed by atoms with Gasteiger partial charge in [0.1, 0.15) is 12.4 Å². The first kappa shape index (κ1) is 14.2. The van der Waals surface area contributed by atoms with Crippen molar-refractivity contribution in [2.24, 2.45) is 0 Å². The summed E-state index contributed by atoms with van der Waals surface area (Å²) in [4.78, 5) is 9.92. The largest absolute Gasteiger partial charge is 0.390 e. The monoisotopic (exact) mass is 252 g/mol. The van der Waals surface area contributed by atoms with Crippen LogP contribution in [-0.2, 0) is 6.54 Å². The van der Waals surface area contributed by atoms with Gasteiger partial charge in [0.2, 0.25) is 0 Å². The molecule has 7 heteroatoms. The molecule has 98 valence electrons. The van der Waals surface area contributed by atoms with Gasteiger partial charge < -0.3 is 10.4 Å². The van der Waals surface area contributed by atoms with E-state index < -0.39 is 11.0 Å². The fourth-order valence-electron chi connectivity index (χ4n) is 1.43. The van der Waals surface area contributed by atoms with Gasteiger partial charge >= 0.3 is 5.69 Å². The van der Waals surface area contributed by atoms with Gasteiger partial charge in [-0.25, -0.2) is 0 Å². The molecule has 0 aliphatic carbocycles. The Morgan fingerprint density at radius 2 is 2.50 bits per heavy atom. The molecule has 0 aliphatic rings. The summed E-state index contributed by atoms with van der Waals surface area (Å²) in [6, 6.07) is -0.0772. The SMILES string of the molecule is C#CC(CC)NCC(O)Cn1cc([N+](=O)[O-])cn1. The highest BCUT2D eigenvalue weighted by Crippen LogP contribution is 2.07. The Balaban J connectivity index is 2.42. The van der Waals surface area contributed by atoms with Crippen molar-refractivity contribution in [2.45, 2.75) is 32.0 Å². The second-order valence-corrected chi connectivity index (χ2v) is 3.87. The maximum Gasteiger partial charge on any atom is 0.306 e. The number of aliphatic hydroxyl groups excluding tert-OH is 1. The van der Waals surface area contributed by atoms with Gasteiger partial charge in [-0.05, 0) is 6.42 Å². The topological polar surface area (TPSA) is 93.2 Å². The molecular formula is C11H16N4O3. The van der Waals surface area contributed by atoms with Crippen molar-refractivity contribution in [2.75, 3.05) is 6.54 Å². The molecule has 18 heavy (non-hydrogen) atoms. The number of aliphatic hydroxyl groups is 1. The minimum absolute atomic E-state index is 0.0772. The minimum Gasteiger partial charge on any atom is -0.390 e. The fraction of sp³-hybridized carbons (Fsp3) is 0.545. The zero-order valence-corrected chi connectivity index (χ0v) is 10.1. The second kappa shape index (κ2) is 6.74. The zero-order chi connectivity index (χ0) is 13.5. The predicted octanol–water partition coefficient (Wildman–Crippen LogP) is 0.154. The summed E-state index contributed by atoms with van der Waals surface area (Å²) in [6.45, 7) is 2.44. The Bertz CT molecular complexity index is 438. The van der Waals surface area contributed by atoms with E-state index in [1.54, 1.807) is 0 Å². The molecule has 0 saturated heterocycles. The first-order valence-corrected chi connectivity index (χ1v) is 5.61. The van der Waals surface area contributed by atoms with Crippen LogP contribution >= 0.6 is 0 Å². The lowest BCUT2D eigenvalue weighted by Crippen LogP contribution is -2.36. The van der Waals surface area contributed by atoms with Gasteiger partial charge in [-0.3, -0.25) is 14.8 Å². The minimum atomic E-state index is -0.702. The highest BCUT2D eigenvalue weighted by atomic mass is 16.6. The van der Waals surface area contributed by atoms with Crippen molar-refractivity contribution >= 4 is 5.69 Å². The van der Waals surface area contributed by atoms with Crippen LogP contribution in [-0.4, -0.2) is 38.5 Å². The van der Waals surface area contributed by atoms with E-state index in [9.17, 15) is 15.2 Å². The quantitative estimate of drug-likeness (QED) is 0.409. The third-order valence-corrected chi connectivity index (χ3v) is 2.44. The van der Waals surface area contributed by atoms with Crippen LogP contribution in [0.3, 0.4) is 0 Å². The molecule has 2 atom stereocenters. The van der Waals surface area contributed by atoms with Crippen LogP contribution in [0.2, 0.25) is 0 Å².